The van der Waals surface area contributed by atoms with E-state index in [9.17, 15) is 40.7 Å². The minimum absolute atomic E-state index is 0.000819. The van der Waals surface area contributed by atoms with Gasteiger partial charge < -0.3 is 63.3 Å². The van der Waals surface area contributed by atoms with Gasteiger partial charge >= 0.3 is 12.4 Å². The van der Waals surface area contributed by atoms with Crippen LogP contribution in [0, 0.1) is 12.8 Å². The van der Waals surface area contributed by atoms with E-state index in [2.05, 4.69) is 87.2 Å². The molecule has 8 heterocycles. The quantitative estimate of drug-likeness (QED) is 0.0394. The molecule has 0 bridgehead atoms. The largest absolute Gasteiger partial charge is 0.495 e. The van der Waals surface area contributed by atoms with Gasteiger partial charge in [-0.1, -0.05) is 145 Å². The molecular weight excluding hydrogens is 1620 g/mol. The molecule has 3 aliphatic rings. The highest BCUT2D eigenvalue weighted by Gasteiger charge is 2.35. The van der Waals surface area contributed by atoms with Crippen molar-refractivity contribution in [3.63, 3.8) is 0 Å². The number of carbonyl (C=O) groups excluding carboxylic acids is 3. The van der Waals surface area contributed by atoms with Crippen molar-refractivity contribution in [2.24, 2.45) is 5.92 Å². The van der Waals surface area contributed by atoms with E-state index in [1.165, 1.54) is 5.56 Å². The number of benzene rings is 6. The number of amides is 3. The van der Waals surface area contributed by atoms with Crippen LogP contribution in [0.2, 0.25) is 20.1 Å². The molecule has 20 nitrogen and oxygen atoms in total. The number of aromatic nitrogens is 5. The number of hydrogen-bond donors (Lipinski definition) is 3. The van der Waals surface area contributed by atoms with E-state index in [4.69, 9.17) is 65.4 Å². The minimum atomic E-state index is -4.48. The highest BCUT2D eigenvalue weighted by Crippen LogP contribution is 2.38. The predicted octanol–water partition coefficient (Wildman–Crippen LogP) is 18.3. The average Bonchev–Trinajstić information content (AvgIpc) is 1.62. The number of hydrogen-bond acceptors (Lipinski definition) is 14. The Morgan fingerprint density at radius 1 is 0.462 bits per heavy atom. The van der Waals surface area contributed by atoms with Gasteiger partial charge in [0.15, 0.2) is 0 Å². The number of pyridine rings is 2. The number of nitrogens with zero attached hydrogens (tertiary/aromatic N) is 10. The van der Waals surface area contributed by atoms with Crippen LogP contribution in [0.15, 0.2) is 171 Å². The molecule has 3 amide bonds. The Labute approximate surface area is 709 Å². The second-order valence-electron chi connectivity index (χ2n) is 30.3. The molecule has 30 heteroatoms. The first kappa shape index (κ1) is 88.4. The van der Waals surface area contributed by atoms with E-state index in [1.54, 1.807) is 27.4 Å². The number of ether oxygens (including phenoxy) is 4. The van der Waals surface area contributed by atoms with Crippen LogP contribution >= 0.6 is 46.4 Å². The smallest absolute Gasteiger partial charge is 0.417 e. The van der Waals surface area contributed by atoms with Gasteiger partial charge in [0.05, 0.1) is 75.7 Å². The van der Waals surface area contributed by atoms with Crippen molar-refractivity contribution < 1.29 is 59.7 Å². The van der Waals surface area contributed by atoms with Crippen LogP contribution in [-0.4, -0.2) is 175 Å². The fourth-order valence-corrected chi connectivity index (χ4v) is 16.3. The minimum Gasteiger partial charge on any atom is -0.495 e. The number of piperazine rings is 2. The fourth-order valence-electron chi connectivity index (χ4n) is 15.3. The number of methoxy groups -OCH3 is 3. The Kier molecular flexibility index (Phi) is 30.4. The number of nitrogens with one attached hydrogen (secondary N) is 3. The molecule has 3 aliphatic heterocycles. The van der Waals surface area contributed by atoms with Crippen molar-refractivity contribution in [3.05, 3.63) is 235 Å². The molecule has 0 unspecified atom stereocenters. The summed E-state index contributed by atoms with van der Waals surface area (Å²) in [4.78, 5) is 58.3. The number of aryl methyl sites for hydroxylation is 4. The van der Waals surface area contributed by atoms with Crippen LogP contribution in [-0.2, 0) is 45.1 Å². The lowest BCUT2D eigenvalue weighted by atomic mass is 10.1. The highest BCUT2D eigenvalue weighted by molar-refractivity contribution is 6.33. The monoisotopic (exact) mass is 1720 g/mol. The van der Waals surface area contributed by atoms with Crippen molar-refractivity contribution in [2.45, 2.75) is 104 Å². The summed E-state index contributed by atoms with van der Waals surface area (Å²) in [5, 5.41) is 13.0. The second-order valence-corrected chi connectivity index (χ2v) is 31.9. The van der Waals surface area contributed by atoms with Crippen LogP contribution in [0.1, 0.15) is 105 Å². The number of halogens is 10. The maximum Gasteiger partial charge on any atom is 0.417 e. The summed E-state index contributed by atoms with van der Waals surface area (Å²) in [6.07, 6.45) is 3.33. The molecule has 3 saturated heterocycles. The van der Waals surface area contributed by atoms with Crippen LogP contribution < -0.4 is 44.7 Å². The molecule has 0 aliphatic carbocycles. The number of likely N-dealkylation sites (tertiary alicyclic amines) is 1. The molecule has 3 N–H and O–H groups in total. The summed E-state index contributed by atoms with van der Waals surface area (Å²) in [5.41, 5.74) is 6.09. The first-order valence-electron chi connectivity index (χ1n) is 39.9. The number of fused-ring (bicyclic) bond motifs is 3. The summed E-state index contributed by atoms with van der Waals surface area (Å²) >= 11 is 24.4. The summed E-state index contributed by atoms with van der Waals surface area (Å²) in [7, 11) is 4.92. The van der Waals surface area contributed by atoms with Crippen molar-refractivity contribution in [2.75, 3.05) is 123 Å². The van der Waals surface area contributed by atoms with Gasteiger partial charge in [0.2, 0.25) is 0 Å². The zero-order valence-corrected chi connectivity index (χ0v) is 70.4. The van der Waals surface area contributed by atoms with Gasteiger partial charge in [0.1, 0.15) is 40.7 Å². The number of anilines is 2. The van der Waals surface area contributed by atoms with Crippen LogP contribution in [0.5, 0.6) is 23.0 Å². The lowest BCUT2D eigenvalue weighted by molar-refractivity contribution is -0.138. The molecule has 6 aromatic carbocycles. The summed E-state index contributed by atoms with van der Waals surface area (Å²) < 4.78 is 107. The molecule has 5 aromatic heterocycles. The Morgan fingerprint density at radius 2 is 0.840 bits per heavy atom. The summed E-state index contributed by atoms with van der Waals surface area (Å²) in [6.45, 7) is 19.9. The molecule has 11 aromatic rings. The zero-order valence-electron chi connectivity index (χ0n) is 67.4. The van der Waals surface area contributed by atoms with Gasteiger partial charge in [0, 0.05) is 162 Å². The number of carbonyl (C=O) groups is 3. The molecule has 0 spiro atoms. The molecule has 0 atom stereocenters. The first-order valence-corrected chi connectivity index (χ1v) is 41.4. The number of alkyl halides is 6. The van der Waals surface area contributed by atoms with Crippen molar-refractivity contribution in [3.8, 4) is 23.0 Å². The molecule has 119 heavy (non-hydrogen) atoms. The van der Waals surface area contributed by atoms with Gasteiger partial charge in [-0.25, -0.2) is 9.97 Å². The van der Waals surface area contributed by atoms with E-state index in [-0.39, 0.29) is 33.9 Å². The van der Waals surface area contributed by atoms with Gasteiger partial charge in [-0.15, -0.1) is 0 Å². The van der Waals surface area contributed by atoms with E-state index < -0.39 is 23.5 Å². The Balaban J connectivity index is 0.000000164. The maximum atomic E-state index is 13.2. The fraction of sp³-hybridized carbons (Fsp3) is 0.382. The normalized spacial score (nSPS) is 14.6. The topological polar surface area (TPSA) is 181 Å². The van der Waals surface area contributed by atoms with E-state index in [1.807, 2.05) is 138 Å². The number of para-hydroxylation sites is 3. The van der Waals surface area contributed by atoms with Gasteiger partial charge in [-0.3, -0.25) is 24.2 Å². The van der Waals surface area contributed by atoms with Crippen molar-refractivity contribution >= 4 is 108 Å². The van der Waals surface area contributed by atoms with Crippen LogP contribution in [0.3, 0.4) is 0 Å². The van der Waals surface area contributed by atoms with E-state index in [0.29, 0.717) is 109 Å². The SMILES string of the molecule is COc1cccc2c(C(=O)NCC(C)C)cn(CCCN3CCN(c4ncc(C(F)(F)F)cc4Cl)CC3)c12.COc1cccc2c(C(=O)NCc3cccc(C)c3)cn(CCCN3CCC(Oc4cccc(Cl)c4)CC3)c12.COc1cccc2c(C(=O)NCc3cccc(Cl)c3)cn(CCCN3CCN(c4ncc(C(F)(F)F)cc4Cl)CC3)c12. The molecule has 632 valence electrons. The third-order valence-electron chi connectivity index (χ3n) is 21.4. The molecule has 14 rings (SSSR count). The van der Waals surface area contributed by atoms with Gasteiger partial charge in [-0.2, -0.15) is 26.3 Å². The predicted molar refractivity (Wildman–Crippen MR) is 459 cm³/mol. The Bertz CT molecular complexity index is 5290. The summed E-state index contributed by atoms with van der Waals surface area (Å²) in [6, 6.07) is 42.4. The van der Waals surface area contributed by atoms with Crippen molar-refractivity contribution in [1.82, 2.24) is 54.3 Å². The second kappa shape index (κ2) is 40.9. The molecule has 0 radical (unpaired) electrons. The lowest BCUT2D eigenvalue weighted by Crippen LogP contribution is -2.47. The molecule has 3 fully saturated rings. The summed E-state index contributed by atoms with van der Waals surface area (Å²) in [5.74, 6) is 3.79. The van der Waals surface area contributed by atoms with E-state index >= 15 is 0 Å². The van der Waals surface area contributed by atoms with E-state index in [0.717, 1.165) is 183 Å². The number of rotatable bonds is 28. The Morgan fingerprint density at radius 3 is 1.22 bits per heavy atom. The highest BCUT2D eigenvalue weighted by atomic mass is 35.5. The molecule has 0 saturated carbocycles. The third kappa shape index (κ3) is 23.2. The average molecular weight is 1720 g/mol. The van der Waals surface area contributed by atoms with Crippen molar-refractivity contribution in [1.29, 1.82) is 0 Å². The number of piperidine rings is 1. The van der Waals surface area contributed by atoms with Crippen LogP contribution in [0.25, 0.3) is 32.7 Å². The van der Waals surface area contributed by atoms with Gasteiger partial charge in [0.25, 0.3) is 17.7 Å². The maximum absolute atomic E-state index is 13.2. The first-order chi connectivity index (χ1) is 57.2. The van der Waals surface area contributed by atoms with Gasteiger partial charge in [-0.05, 0) is 136 Å². The third-order valence-corrected chi connectivity index (χ3v) is 22.4. The van der Waals surface area contributed by atoms with Crippen LogP contribution in [0.4, 0.5) is 38.0 Å². The zero-order chi connectivity index (χ0) is 84.5. The Hall–Kier alpha value is -9.93. The molecular formula is C89H99Cl4F6N13O7. The standard InChI is InChI=1S/C32H36ClN3O3.C30H30Cl2F3N5O2.C27H33ClF3N5O2/c1-23-7-3-8-24(19-23)21-34-32(37)29-22-36(31-28(29)11-5-12-30(31)38-2)16-6-15-35-17-13-26(14-18-35)39-27-10-4-9-25(33)20-27;1-42-26-8-3-7-23-24(29(41)37-17-20-5-2-6-22(31)15-20)19-40(27(23)26)10-4-9-38-11-13-39(14-12-38)28-25(32)16-21(18-36-28)30(33,34)35;1-18(2)15-33-26(37)21-17-36(24-20(21)6-4-7-23(24)38-3)9-5-8-34-10-12-35(13-11-34)25-22(28)14-19(16-32-25)27(29,30)31/h3-5,7-12,19-20,22,26H,6,13-18,21H2,1-2H3,(H,34,37);2-3,5-8,15-16,18-19H,4,9-14,17H2,1H3,(H,37,41);4,6-7,14,16-18H,5,8-13,15H2,1-3H3,(H,33,37). The lowest BCUT2D eigenvalue weighted by Gasteiger charge is -2.35.